The number of nitrogens with one attached hydrogen (secondary N) is 2. The standard InChI is InChI=1S/C13H17N3O/c1-2-3-4-7-15-13(17)12-9-11-10(16-12)6-5-8-14-11/h5-6,8-9,16H,2-4,7H2,1H3,(H,15,17). The van der Waals surface area contributed by atoms with Crippen LogP contribution in [-0.4, -0.2) is 22.4 Å². The van der Waals surface area contributed by atoms with Gasteiger partial charge in [-0.1, -0.05) is 19.8 Å². The first-order valence-corrected chi connectivity index (χ1v) is 6.03. The van der Waals surface area contributed by atoms with Crippen LogP contribution in [0.25, 0.3) is 11.0 Å². The van der Waals surface area contributed by atoms with E-state index in [1.165, 1.54) is 0 Å². The zero-order valence-corrected chi connectivity index (χ0v) is 9.99. The van der Waals surface area contributed by atoms with Crippen LogP contribution in [0.2, 0.25) is 0 Å². The number of hydrogen-bond donors (Lipinski definition) is 2. The first-order chi connectivity index (χ1) is 8.31. The van der Waals surface area contributed by atoms with Crippen molar-refractivity contribution in [1.29, 1.82) is 0 Å². The Morgan fingerprint density at radius 1 is 1.47 bits per heavy atom. The summed E-state index contributed by atoms with van der Waals surface area (Å²) in [7, 11) is 0. The third kappa shape index (κ3) is 2.84. The van der Waals surface area contributed by atoms with E-state index >= 15 is 0 Å². The summed E-state index contributed by atoms with van der Waals surface area (Å²) in [5.74, 6) is -0.0564. The van der Waals surface area contributed by atoms with Gasteiger partial charge in [0, 0.05) is 12.7 Å². The second kappa shape index (κ2) is 5.48. The van der Waals surface area contributed by atoms with Crippen LogP contribution in [0.1, 0.15) is 36.7 Å². The maximum absolute atomic E-state index is 11.8. The molecule has 0 radical (unpaired) electrons. The molecule has 1 amide bonds. The van der Waals surface area contributed by atoms with Crippen LogP contribution in [0, 0.1) is 0 Å². The molecule has 2 N–H and O–H groups in total. The predicted octanol–water partition coefficient (Wildman–Crippen LogP) is 2.48. The summed E-state index contributed by atoms with van der Waals surface area (Å²) in [4.78, 5) is 19.1. The highest BCUT2D eigenvalue weighted by Gasteiger charge is 2.08. The Balaban J connectivity index is 1.99. The van der Waals surface area contributed by atoms with Crippen LogP contribution in [0.5, 0.6) is 0 Å². The molecule has 17 heavy (non-hydrogen) atoms. The van der Waals surface area contributed by atoms with Crippen molar-refractivity contribution in [2.24, 2.45) is 0 Å². The average Bonchev–Trinajstić information content (AvgIpc) is 2.78. The molecular weight excluding hydrogens is 214 g/mol. The maximum atomic E-state index is 11.8. The van der Waals surface area contributed by atoms with Crippen molar-refractivity contribution >= 4 is 16.9 Å². The monoisotopic (exact) mass is 231 g/mol. The first kappa shape index (κ1) is 11.6. The molecule has 0 fully saturated rings. The number of aromatic nitrogens is 2. The summed E-state index contributed by atoms with van der Waals surface area (Å²) < 4.78 is 0. The van der Waals surface area contributed by atoms with Crippen LogP contribution in [0.4, 0.5) is 0 Å². The van der Waals surface area contributed by atoms with Gasteiger partial charge in [-0.2, -0.15) is 0 Å². The van der Waals surface area contributed by atoms with Gasteiger partial charge >= 0.3 is 0 Å². The lowest BCUT2D eigenvalue weighted by molar-refractivity contribution is 0.0949. The Hall–Kier alpha value is -1.84. The summed E-state index contributed by atoms with van der Waals surface area (Å²) in [5, 5.41) is 2.90. The third-order valence-corrected chi connectivity index (χ3v) is 2.70. The molecule has 2 rings (SSSR count). The van der Waals surface area contributed by atoms with Crippen molar-refractivity contribution < 1.29 is 4.79 Å². The van der Waals surface area contributed by atoms with Gasteiger partial charge < -0.3 is 10.3 Å². The summed E-state index contributed by atoms with van der Waals surface area (Å²) >= 11 is 0. The van der Waals surface area contributed by atoms with Gasteiger partial charge in [-0.3, -0.25) is 9.78 Å². The fraction of sp³-hybridized carbons (Fsp3) is 0.385. The maximum Gasteiger partial charge on any atom is 0.267 e. The number of carbonyl (C=O) groups excluding carboxylic acids is 1. The van der Waals surface area contributed by atoms with Crippen molar-refractivity contribution in [1.82, 2.24) is 15.3 Å². The minimum Gasteiger partial charge on any atom is -0.351 e. The Kier molecular flexibility index (Phi) is 3.75. The molecule has 0 aliphatic carbocycles. The van der Waals surface area contributed by atoms with Gasteiger partial charge in [-0.05, 0) is 24.6 Å². The van der Waals surface area contributed by atoms with Gasteiger partial charge in [0.1, 0.15) is 5.69 Å². The lowest BCUT2D eigenvalue weighted by atomic mass is 10.2. The van der Waals surface area contributed by atoms with E-state index in [2.05, 4.69) is 22.2 Å². The predicted molar refractivity (Wildman–Crippen MR) is 68.0 cm³/mol. The van der Waals surface area contributed by atoms with Gasteiger partial charge in [0.25, 0.3) is 5.91 Å². The molecule has 2 aromatic heterocycles. The topological polar surface area (TPSA) is 57.8 Å². The highest BCUT2D eigenvalue weighted by atomic mass is 16.1. The molecule has 0 atom stereocenters. The second-order valence-corrected chi connectivity index (χ2v) is 4.08. The summed E-state index contributed by atoms with van der Waals surface area (Å²) in [6, 6.07) is 5.54. The largest absolute Gasteiger partial charge is 0.351 e. The van der Waals surface area contributed by atoms with Gasteiger partial charge in [-0.15, -0.1) is 0 Å². The lowest BCUT2D eigenvalue weighted by Crippen LogP contribution is -2.24. The molecule has 4 nitrogen and oxygen atoms in total. The van der Waals surface area contributed by atoms with E-state index < -0.39 is 0 Å². The zero-order valence-electron chi connectivity index (χ0n) is 9.99. The molecule has 0 saturated heterocycles. The molecule has 0 bridgehead atoms. The number of H-pyrrole nitrogens is 1. The van der Waals surface area contributed by atoms with Crippen LogP contribution < -0.4 is 5.32 Å². The zero-order chi connectivity index (χ0) is 12.1. The molecule has 0 aromatic carbocycles. The Morgan fingerprint density at radius 2 is 2.35 bits per heavy atom. The lowest BCUT2D eigenvalue weighted by Gasteiger charge is -2.02. The number of hydrogen-bond acceptors (Lipinski definition) is 2. The van der Waals surface area contributed by atoms with E-state index in [0.29, 0.717) is 5.69 Å². The van der Waals surface area contributed by atoms with Crippen molar-refractivity contribution in [2.75, 3.05) is 6.54 Å². The SMILES string of the molecule is CCCCCNC(=O)c1cc2ncccc2[nH]1. The smallest absolute Gasteiger partial charge is 0.267 e. The Bertz CT molecular complexity index is 471. The minimum atomic E-state index is -0.0564. The fourth-order valence-corrected chi connectivity index (χ4v) is 1.75. The molecular formula is C13H17N3O. The molecule has 0 spiro atoms. The van der Waals surface area contributed by atoms with E-state index in [4.69, 9.17) is 0 Å². The number of pyridine rings is 1. The quantitative estimate of drug-likeness (QED) is 0.777. The number of unbranched alkanes of at least 4 members (excludes halogenated alkanes) is 2. The highest BCUT2D eigenvalue weighted by Crippen LogP contribution is 2.11. The molecule has 90 valence electrons. The van der Waals surface area contributed by atoms with E-state index in [0.717, 1.165) is 36.8 Å². The molecule has 2 aromatic rings. The number of carbonyl (C=O) groups is 1. The molecule has 0 saturated carbocycles. The van der Waals surface area contributed by atoms with Crippen LogP contribution in [0.15, 0.2) is 24.4 Å². The van der Waals surface area contributed by atoms with E-state index in [1.54, 1.807) is 12.3 Å². The van der Waals surface area contributed by atoms with E-state index in [9.17, 15) is 4.79 Å². The van der Waals surface area contributed by atoms with Gasteiger partial charge in [0.15, 0.2) is 0 Å². The summed E-state index contributed by atoms with van der Waals surface area (Å²) in [5.41, 5.74) is 2.30. The average molecular weight is 231 g/mol. The van der Waals surface area contributed by atoms with Gasteiger partial charge in [-0.25, -0.2) is 0 Å². The second-order valence-electron chi connectivity index (χ2n) is 4.08. The minimum absolute atomic E-state index is 0.0564. The summed E-state index contributed by atoms with van der Waals surface area (Å²) in [6.45, 7) is 2.88. The molecule has 4 heteroatoms. The number of aromatic amines is 1. The number of amides is 1. The fourth-order valence-electron chi connectivity index (χ4n) is 1.75. The molecule has 0 aliphatic rings. The van der Waals surface area contributed by atoms with Crippen LogP contribution in [-0.2, 0) is 0 Å². The highest BCUT2D eigenvalue weighted by molar-refractivity contribution is 5.96. The van der Waals surface area contributed by atoms with Gasteiger partial charge in [0.05, 0.1) is 11.0 Å². The van der Waals surface area contributed by atoms with Gasteiger partial charge in [0.2, 0.25) is 0 Å². The molecule has 0 aliphatic heterocycles. The third-order valence-electron chi connectivity index (χ3n) is 2.70. The Labute approximate surface area is 100 Å². The van der Waals surface area contributed by atoms with Crippen LogP contribution >= 0.6 is 0 Å². The number of rotatable bonds is 5. The van der Waals surface area contributed by atoms with E-state index in [-0.39, 0.29) is 5.91 Å². The Morgan fingerprint density at radius 3 is 3.12 bits per heavy atom. The molecule has 0 unspecified atom stereocenters. The van der Waals surface area contributed by atoms with E-state index in [1.807, 2.05) is 12.1 Å². The van der Waals surface area contributed by atoms with Crippen molar-refractivity contribution in [3.8, 4) is 0 Å². The van der Waals surface area contributed by atoms with Crippen molar-refractivity contribution in [2.45, 2.75) is 26.2 Å². The summed E-state index contributed by atoms with van der Waals surface area (Å²) in [6.07, 6.45) is 5.06. The normalized spacial score (nSPS) is 10.6. The van der Waals surface area contributed by atoms with Crippen molar-refractivity contribution in [3.63, 3.8) is 0 Å². The number of fused-ring (bicyclic) bond motifs is 1. The molecule has 2 heterocycles. The van der Waals surface area contributed by atoms with Crippen LogP contribution in [0.3, 0.4) is 0 Å². The first-order valence-electron chi connectivity index (χ1n) is 6.03. The van der Waals surface area contributed by atoms with Crippen molar-refractivity contribution in [3.05, 3.63) is 30.1 Å². The number of nitrogens with zero attached hydrogens (tertiary/aromatic N) is 1.